The minimum atomic E-state index is -0.179. The van der Waals surface area contributed by atoms with Crippen LogP contribution >= 0.6 is 11.6 Å². The van der Waals surface area contributed by atoms with Crippen LogP contribution in [0.15, 0.2) is 71.3 Å². The summed E-state index contributed by atoms with van der Waals surface area (Å²) >= 11 is 6.16. The van der Waals surface area contributed by atoms with Gasteiger partial charge in [0.15, 0.2) is 0 Å². The van der Waals surface area contributed by atoms with Gasteiger partial charge in [0, 0.05) is 17.0 Å². The number of carbonyl (C=O) groups is 1. The topological polar surface area (TPSA) is 56.4 Å². The fourth-order valence-electron chi connectivity index (χ4n) is 3.39. The summed E-state index contributed by atoms with van der Waals surface area (Å²) in [6, 6.07) is 19.0. The molecule has 4 aromatic rings. The highest BCUT2D eigenvalue weighted by Gasteiger charge is 2.18. The van der Waals surface area contributed by atoms with Gasteiger partial charge < -0.3 is 19.0 Å². The zero-order chi connectivity index (χ0) is 20.2. The van der Waals surface area contributed by atoms with Crippen molar-refractivity contribution in [1.82, 2.24) is 9.88 Å². The highest BCUT2D eigenvalue weighted by molar-refractivity contribution is 6.30. The van der Waals surface area contributed by atoms with Crippen LogP contribution in [-0.2, 0) is 13.1 Å². The maximum absolute atomic E-state index is 13.0. The number of hydrogen-bond acceptors (Lipinski definition) is 3. The first-order valence-electron chi connectivity index (χ1n) is 9.46. The van der Waals surface area contributed by atoms with Crippen LogP contribution in [-0.4, -0.2) is 17.1 Å². The van der Waals surface area contributed by atoms with Gasteiger partial charge in [-0.25, -0.2) is 0 Å². The Bertz CT molecular complexity index is 1130. The van der Waals surface area contributed by atoms with Crippen molar-refractivity contribution < 1.29 is 13.9 Å². The summed E-state index contributed by atoms with van der Waals surface area (Å²) in [4.78, 5) is 13.0. The van der Waals surface area contributed by atoms with Crippen molar-refractivity contribution in [1.29, 1.82) is 0 Å². The standard InChI is InChI=1S/C23H21ClN2O3/c1-2-28-22-10-4-9-20-19(22)13-21(23(27)25-14-18-8-5-11-29-18)26(20)15-16-6-3-7-17(24)12-16/h3-13H,2,14-15H2,1H3,(H,25,27). The second kappa shape index (κ2) is 8.45. The average molecular weight is 409 g/mol. The molecule has 148 valence electrons. The molecule has 5 nitrogen and oxygen atoms in total. The molecule has 0 fully saturated rings. The second-order valence-corrected chi connectivity index (χ2v) is 7.07. The van der Waals surface area contributed by atoms with E-state index >= 15 is 0 Å². The number of nitrogens with one attached hydrogen (secondary N) is 1. The molecule has 6 heteroatoms. The predicted molar refractivity (Wildman–Crippen MR) is 114 cm³/mol. The molecule has 0 atom stereocenters. The summed E-state index contributed by atoms with van der Waals surface area (Å²) in [5.74, 6) is 1.28. The third kappa shape index (κ3) is 4.15. The van der Waals surface area contributed by atoms with E-state index in [-0.39, 0.29) is 5.91 Å². The van der Waals surface area contributed by atoms with E-state index < -0.39 is 0 Å². The molecule has 0 spiro atoms. The zero-order valence-corrected chi connectivity index (χ0v) is 16.8. The zero-order valence-electron chi connectivity index (χ0n) is 16.0. The number of carbonyl (C=O) groups excluding carboxylic acids is 1. The lowest BCUT2D eigenvalue weighted by Gasteiger charge is -2.12. The molecule has 0 aliphatic heterocycles. The highest BCUT2D eigenvalue weighted by atomic mass is 35.5. The Morgan fingerprint density at radius 1 is 1.14 bits per heavy atom. The van der Waals surface area contributed by atoms with Crippen molar-refractivity contribution in [3.8, 4) is 5.75 Å². The van der Waals surface area contributed by atoms with Crippen molar-refractivity contribution in [2.75, 3.05) is 6.61 Å². The van der Waals surface area contributed by atoms with E-state index in [9.17, 15) is 4.79 Å². The maximum atomic E-state index is 13.0. The maximum Gasteiger partial charge on any atom is 0.268 e. The quantitative estimate of drug-likeness (QED) is 0.453. The number of aromatic nitrogens is 1. The second-order valence-electron chi connectivity index (χ2n) is 6.63. The lowest BCUT2D eigenvalue weighted by Crippen LogP contribution is -2.25. The monoisotopic (exact) mass is 408 g/mol. The molecule has 0 saturated heterocycles. The number of fused-ring (bicyclic) bond motifs is 1. The van der Waals surface area contributed by atoms with Crippen LogP contribution in [0.3, 0.4) is 0 Å². The Morgan fingerprint density at radius 3 is 2.76 bits per heavy atom. The molecule has 0 unspecified atom stereocenters. The molecular weight excluding hydrogens is 388 g/mol. The van der Waals surface area contributed by atoms with E-state index in [1.807, 2.05) is 66.1 Å². The summed E-state index contributed by atoms with van der Waals surface area (Å²) < 4.78 is 13.1. The number of hydrogen-bond donors (Lipinski definition) is 1. The minimum absolute atomic E-state index is 0.179. The van der Waals surface area contributed by atoms with Crippen molar-refractivity contribution in [2.45, 2.75) is 20.0 Å². The van der Waals surface area contributed by atoms with Crippen LogP contribution in [0.2, 0.25) is 5.02 Å². The Balaban J connectivity index is 1.74. The van der Waals surface area contributed by atoms with Gasteiger partial charge in [-0.05, 0) is 55.0 Å². The van der Waals surface area contributed by atoms with Crippen molar-refractivity contribution >= 4 is 28.4 Å². The van der Waals surface area contributed by atoms with Gasteiger partial charge in [-0.15, -0.1) is 0 Å². The number of rotatable bonds is 7. The minimum Gasteiger partial charge on any atom is -0.493 e. The molecule has 1 N–H and O–H groups in total. The fraction of sp³-hybridized carbons (Fsp3) is 0.174. The third-order valence-electron chi connectivity index (χ3n) is 4.67. The Hall–Kier alpha value is -3.18. The summed E-state index contributed by atoms with van der Waals surface area (Å²) in [6.07, 6.45) is 1.59. The molecule has 0 radical (unpaired) electrons. The van der Waals surface area contributed by atoms with Gasteiger partial charge in [0.2, 0.25) is 0 Å². The molecule has 29 heavy (non-hydrogen) atoms. The molecular formula is C23H21ClN2O3. The number of furan rings is 1. The van der Waals surface area contributed by atoms with E-state index in [1.54, 1.807) is 12.3 Å². The van der Waals surface area contributed by atoms with Gasteiger partial charge in [0.1, 0.15) is 17.2 Å². The Morgan fingerprint density at radius 2 is 2.00 bits per heavy atom. The number of ether oxygens (including phenoxy) is 1. The first-order chi connectivity index (χ1) is 14.2. The van der Waals surface area contributed by atoms with E-state index in [0.29, 0.717) is 36.2 Å². The largest absolute Gasteiger partial charge is 0.493 e. The van der Waals surface area contributed by atoms with Crippen LogP contribution in [0.25, 0.3) is 10.9 Å². The first kappa shape index (κ1) is 19.2. The van der Waals surface area contributed by atoms with Crippen LogP contribution in [0.5, 0.6) is 5.75 Å². The van der Waals surface area contributed by atoms with Crippen LogP contribution < -0.4 is 10.1 Å². The molecule has 2 aromatic carbocycles. The van der Waals surface area contributed by atoms with Gasteiger partial charge in [-0.2, -0.15) is 0 Å². The van der Waals surface area contributed by atoms with Crippen molar-refractivity contribution in [2.24, 2.45) is 0 Å². The van der Waals surface area contributed by atoms with E-state index in [2.05, 4.69) is 5.32 Å². The first-order valence-corrected chi connectivity index (χ1v) is 9.83. The number of nitrogens with zero attached hydrogens (tertiary/aromatic N) is 1. The van der Waals surface area contributed by atoms with E-state index in [1.165, 1.54) is 0 Å². The van der Waals surface area contributed by atoms with Gasteiger partial charge in [-0.1, -0.05) is 29.8 Å². The SMILES string of the molecule is CCOc1cccc2c1cc(C(=O)NCc1ccco1)n2Cc1cccc(Cl)c1. The predicted octanol–water partition coefficient (Wildman–Crippen LogP) is 5.26. The molecule has 0 aliphatic rings. The van der Waals surface area contributed by atoms with E-state index in [0.717, 1.165) is 22.2 Å². The normalized spacial score (nSPS) is 11.0. The van der Waals surface area contributed by atoms with Gasteiger partial charge in [0.05, 0.1) is 24.9 Å². The molecule has 0 aliphatic carbocycles. The van der Waals surface area contributed by atoms with Crippen LogP contribution in [0.1, 0.15) is 28.7 Å². The van der Waals surface area contributed by atoms with Gasteiger partial charge in [0.25, 0.3) is 5.91 Å². The lowest BCUT2D eigenvalue weighted by molar-refractivity contribution is 0.0939. The molecule has 1 amide bonds. The van der Waals surface area contributed by atoms with E-state index in [4.69, 9.17) is 20.8 Å². The summed E-state index contributed by atoms with van der Waals surface area (Å²) in [5.41, 5.74) is 2.50. The molecule has 0 saturated carbocycles. The smallest absolute Gasteiger partial charge is 0.268 e. The summed E-state index contributed by atoms with van der Waals surface area (Å²) in [7, 11) is 0. The highest BCUT2D eigenvalue weighted by Crippen LogP contribution is 2.30. The molecule has 0 bridgehead atoms. The number of amides is 1. The fourth-order valence-corrected chi connectivity index (χ4v) is 3.60. The molecule has 2 heterocycles. The number of benzene rings is 2. The summed E-state index contributed by atoms with van der Waals surface area (Å²) in [5, 5.41) is 4.50. The van der Waals surface area contributed by atoms with Crippen molar-refractivity contribution in [3.63, 3.8) is 0 Å². The van der Waals surface area contributed by atoms with Crippen LogP contribution in [0.4, 0.5) is 0 Å². The average Bonchev–Trinajstić information content (AvgIpc) is 3.35. The van der Waals surface area contributed by atoms with Gasteiger partial charge >= 0.3 is 0 Å². The number of halogens is 1. The van der Waals surface area contributed by atoms with Gasteiger partial charge in [-0.3, -0.25) is 4.79 Å². The van der Waals surface area contributed by atoms with Crippen LogP contribution in [0, 0.1) is 0 Å². The summed E-state index contributed by atoms with van der Waals surface area (Å²) in [6.45, 7) is 3.34. The molecule has 4 rings (SSSR count). The van der Waals surface area contributed by atoms with Crippen molar-refractivity contribution in [3.05, 3.63) is 89.0 Å². The lowest BCUT2D eigenvalue weighted by atomic mass is 10.2. The Kier molecular flexibility index (Phi) is 5.58. The Labute approximate surface area is 173 Å². The molecule has 2 aromatic heterocycles. The third-order valence-corrected chi connectivity index (χ3v) is 4.91.